The number of allylic oxidation sites excluding steroid dienone is 1. The Labute approximate surface area is 232 Å². The summed E-state index contributed by atoms with van der Waals surface area (Å²) in [6, 6.07) is 0. The van der Waals surface area contributed by atoms with Gasteiger partial charge in [-0.15, -0.1) is 0 Å². The van der Waals surface area contributed by atoms with Crippen LogP contribution in [0.25, 0.3) is 0 Å². The van der Waals surface area contributed by atoms with Crippen molar-refractivity contribution in [3.05, 3.63) is 12.2 Å². The number of carboxylic acids is 1. The molecule has 0 bridgehead atoms. The molecule has 0 aromatic carbocycles. The molecule has 0 spiro atoms. The monoisotopic (exact) mass is 523 g/mol. The van der Waals surface area contributed by atoms with E-state index in [-0.39, 0.29) is 12.0 Å². The van der Waals surface area contributed by atoms with E-state index in [0.717, 1.165) is 57.8 Å². The number of hydrogen-bond acceptors (Lipinski definition) is 2. The number of hydrogen-bond donors (Lipinski definition) is 2. The lowest BCUT2D eigenvalue weighted by Crippen LogP contribution is -2.13. The number of rotatable bonds is 30. The standard InChI is InChI=1S/C34H66O3/c1-3-5-7-9-10-11-12-13-14-15-16-18-21-24-28-32(34(36)37)29-25-22-19-17-20-23-27-31-33(35)30-26-8-6-4-2/h23,27,32-33,35H,3-22,24-26,28-31H2,1-2H3,(H,36,37)/b27-23-. The average Bonchev–Trinajstić information content (AvgIpc) is 2.88. The molecule has 0 radical (unpaired) electrons. The molecule has 0 saturated heterocycles. The van der Waals surface area contributed by atoms with Crippen molar-refractivity contribution in [3.8, 4) is 0 Å². The molecule has 3 nitrogen and oxygen atoms in total. The van der Waals surface area contributed by atoms with E-state index < -0.39 is 5.97 Å². The van der Waals surface area contributed by atoms with Gasteiger partial charge in [0.1, 0.15) is 0 Å². The van der Waals surface area contributed by atoms with E-state index in [0.29, 0.717) is 0 Å². The Morgan fingerprint density at radius 1 is 0.541 bits per heavy atom. The Hall–Kier alpha value is -0.830. The number of carboxylic acid groups (broad SMARTS) is 1. The topological polar surface area (TPSA) is 57.5 Å². The van der Waals surface area contributed by atoms with Crippen LogP contribution >= 0.6 is 0 Å². The van der Waals surface area contributed by atoms with E-state index in [9.17, 15) is 15.0 Å². The summed E-state index contributed by atoms with van der Waals surface area (Å²) in [5.41, 5.74) is 0. The largest absolute Gasteiger partial charge is 0.481 e. The Balaban J connectivity index is 3.53. The number of aliphatic hydroxyl groups is 1. The molecule has 0 fully saturated rings. The van der Waals surface area contributed by atoms with Crippen LogP contribution in [0.1, 0.15) is 187 Å². The number of carbonyl (C=O) groups is 1. The molecule has 37 heavy (non-hydrogen) atoms. The van der Waals surface area contributed by atoms with Crippen LogP contribution in [0.15, 0.2) is 12.2 Å². The van der Waals surface area contributed by atoms with Crippen LogP contribution < -0.4 is 0 Å². The summed E-state index contributed by atoms with van der Waals surface area (Å²) in [5, 5.41) is 19.6. The fraction of sp³-hybridized carbons (Fsp3) is 0.912. The van der Waals surface area contributed by atoms with Gasteiger partial charge in [0.25, 0.3) is 0 Å². The smallest absolute Gasteiger partial charge is 0.306 e. The average molecular weight is 523 g/mol. The highest BCUT2D eigenvalue weighted by molar-refractivity contribution is 5.69. The van der Waals surface area contributed by atoms with E-state index in [4.69, 9.17) is 0 Å². The lowest BCUT2D eigenvalue weighted by atomic mass is 9.94. The predicted molar refractivity (Wildman–Crippen MR) is 162 cm³/mol. The van der Waals surface area contributed by atoms with Crippen molar-refractivity contribution in [2.24, 2.45) is 5.92 Å². The summed E-state index contributed by atoms with van der Waals surface area (Å²) >= 11 is 0. The number of aliphatic hydroxyl groups excluding tert-OH is 1. The fourth-order valence-corrected chi connectivity index (χ4v) is 5.28. The van der Waals surface area contributed by atoms with E-state index in [1.54, 1.807) is 0 Å². The Kier molecular flexibility index (Phi) is 29.1. The summed E-state index contributed by atoms with van der Waals surface area (Å²) in [6.07, 6.45) is 36.9. The van der Waals surface area contributed by atoms with Crippen molar-refractivity contribution in [2.45, 2.75) is 193 Å². The zero-order chi connectivity index (χ0) is 27.2. The van der Waals surface area contributed by atoms with Crippen molar-refractivity contribution in [1.29, 1.82) is 0 Å². The molecule has 2 N–H and O–H groups in total. The first-order valence-electron chi connectivity index (χ1n) is 16.7. The second kappa shape index (κ2) is 29.7. The molecule has 2 atom stereocenters. The van der Waals surface area contributed by atoms with Gasteiger partial charge in [0.05, 0.1) is 12.0 Å². The number of aliphatic carboxylic acids is 1. The van der Waals surface area contributed by atoms with Crippen LogP contribution in [0.3, 0.4) is 0 Å². The van der Waals surface area contributed by atoms with E-state index in [2.05, 4.69) is 26.0 Å². The zero-order valence-electron chi connectivity index (χ0n) is 25.2. The van der Waals surface area contributed by atoms with Gasteiger partial charge in [-0.05, 0) is 38.5 Å². The maximum absolute atomic E-state index is 11.6. The molecule has 0 amide bonds. The Morgan fingerprint density at radius 3 is 1.38 bits per heavy atom. The molecule has 0 heterocycles. The van der Waals surface area contributed by atoms with E-state index in [1.807, 2.05) is 0 Å². The highest BCUT2D eigenvalue weighted by atomic mass is 16.4. The molecular formula is C34H66O3. The molecule has 0 rings (SSSR count). The van der Waals surface area contributed by atoms with E-state index in [1.165, 1.54) is 116 Å². The Bertz CT molecular complexity index is 487. The molecule has 0 aromatic rings. The maximum Gasteiger partial charge on any atom is 0.306 e. The van der Waals surface area contributed by atoms with Crippen molar-refractivity contribution in [1.82, 2.24) is 0 Å². The minimum atomic E-state index is -0.592. The summed E-state index contributed by atoms with van der Waals surface area (Å²) in [4.78, 5) is 11.6. The molecule has 220 valence electrons. The van der Waals surface area contributed by atoms with E-state index >= 15 is 0 Å². The lowest BCUT2D eigenvalue weighted by Gasteiger charge is -2.12. The van der Waals surface area contributed by atoms with Crippen LogP contribution in [0.2, 0.25) is 0 Å². The van der Waals surface area contributed by atoms with Gasteiger partial charge in [-0.1, -0.05) is 161 Å². The molecule has 0 saturated carbocycles. The third-order valence-electron chi connectivity index (χ3n) is 7.89. The molecule has 3 heteroatoms. The zero-order valence-corrected chi connectivity index (χ0v) is 25.2. The summed E-state index contributed by atoms with van der Waals surface area (Å²) in [5.74, 6) is -0.734. The normalized spacial score (nSPS) is 13.4. The van der Waals surface area contributed by atoms with Crippen molar-refractivity contribution >= 4 is 5.97 Å². The number of unbranched alkanes of at least 4 members (excludes halogenated alkanes) is 20. The maximum atomic E-state index is 11.6. The molecule has 0 aliphatic rings. The highest BCUT2D eigenvalue weighted by Crippen LogP contribution is 2.20. The van der Waals surface area contributed by atoms with Gasteiger partial charge in [0.2, 0.25) is 0 Å². The summed E-state index contributed by atoms with van der Waals surface area (Å²) in [6.45, 7) is 4.49. The van der Waals surface area contributed by atoms with Gasteiger partial charge >= 0.3 is 5.97 Å². The lowest BCUT2D eigenvalue weighted by molar-refractivity contribution is -0.142. The van der Waals surface area contributed by atoms with Gasteiger partial charge in [-0.3, -0.25) is 4.79 Å². The molecule has 0 aliphatic heterocycles. The second-order valence-electron chi connectivity index (χ2n) is 11.6. The van der Waals surface area contributed by atoms with Crippen LogP contribution in [-0.4, -0.2) is 22.3 Å². The first-order chi connectivity index (χ1) is 18.1. The molecule has 2 unspecified atom stereocenters. The fourth-order valence-electron chi connectivity index (χ4n) is 5.28. The van der Waals surface area contributed by atoms with Crippen molar-refractivity contribution in [3.63, 3.8) is 0 Å². The first kappa shape index (κ1) is 36.2. The molecule has 0 aromatic heterocycles. The van der Waals surface area contributed by atoms with Gasteiger partial charge in [-0.2, -0.15) is 0 Å². The van der Waals surface area contributed by atoms with Gasteiger partial charge in [0.15, 0.2) is 0 Å². The van der Waals surface area contributed by atoms with Crippen LogP contribution in [0.5, 0.6) is 0 Å². The van der Waals surface area contributed by atoms with Gasteiger partial charge in [-0.25, -0.2) is 0 Å². The summed E-state index contributed by atoms with van der Waals surface area (Å²) in [7, 11) is 0. The van der Waals surface area contributed by atoms with Crippen LogP contribution in [0, 0.1) is 5.92 Å². The van der Waals surface area contributed by atoms with Gasteiger partial charge in [0, 0.05) is 0 Å². The second-order valence-corrected chi connectivity index (χ2v) is 11.6. The van der Waals surface area contributed by atoms with Crippen molar-refractivity contribution in [2.75, 3.05) is 0 Å². The minimum absolute atomic E-state index is 0.143. The van der Waals surface area contributed by atoms with Crippen LogP contribution in [-0.2, 0) is 4.79 Å². The predicted octanol–water partition coefficient (Wildman–Crippen LogP) is 11.2. The molecule has 0 aliphatic carbocycles. The summed E-state index contributed by atoms with van der Waals surface area (Å²) < 4.78 is 0. The van der Waals surface area contributed by atoms with Gasteiger partial charge < -0.3 is 10.2 Å². The minimum Gasteiger partial charge on any atom is -0.481 e. The highest BCUT2D eigenvalue weighted by Gasteiger charge is 2.16. The Morgan fingerprint density at radius 2 is 0.919 bits per heavy atom. The molecular weight excluding hydrogens is 456 g/mol. The third-order valence-corrected chi connectivity index (χ3v) is 7.89. The third kappa shape index (κ3) is 28.0. The quantitative estimate of drug-likeness (QED) is 0.0728. The SMILES string of the molecule is CCCCCCCCCCCCCCCCC(CCCCCC/C=C\CC(O)CCCCCC)C(=O)O. The van der Waals surface area contributed by atoms with Crippen LogP contribution in [0.4, 0.5) is 0 Å². The first-order valence-corrected chi connectivity index (χ1v) is 16.7. The van der Waals surface area contributed by atoms with Crippen molar-refractivity contribution < 1.29 is 15.0 Å².